The first kappa shape index (κ1) is 31.5. The SMILES string of the molecule is c1ccc(-c2ccccc2-c2nc(-c3cccc(-c4ccc5sc6ccccc6c5c4)c3)nc(-c3c4ccccc4cc4c3ccc3ccccc34)n2)cc1. The van der Waals surface area contributed by atoms with Gasteiger partial charge in [-0.15, -0.1) is 11.3 Å². The molecule has 3 nitrogen and oxygen atoms in total. The average molecular weight is 718 g/mol. The van der Waals surface area contributed by atoms with E-state index in [1.54, 1.807) is 0 Å². The molecule has 2 aromatic heterocycles. The van der Waals surface area contributed by atoms with Crippen molar-refractivity contribution in [1.82, 2.24) is 15.0 Å². The smallest absolute Gasteiger partial charge is 0.165 e. The van der Waals surface area contributed by atoms with Crippen molar-refractivity contribution in [3.8, 4) is 56.4 Å². The topological polar surface area (TPSA) is 38.7 Å². The number of benzene rings is 9. The molecule has 0 amide bonds. The first-order valence-electron chi connectivity index (χ1n) is 18.5. The lowest BCUT2D eigenvalue weighted by atomic mass is 9.93. The van der Waals surface area contributed by atoms with Crippen LogP contribution in [0, 0.1) is 0 Å². The van der Waals surface area contributed by atoms with E-state index in [4.69, 9.17) is 15.0 Å². The number of fused-ring (bicyclic) bond motifs is 7. The maximum Gasteiger partial charge on any atom is 0.165 e. The zero-order chi connectivity index (χ0) is 36.3. The van der Waals surface area contributed by atoms with Crippen molar-refractivity contribution in [2.24, 2.45) is 0 Å². The molecular weight excluding hydrogens is 687 g/mol. The zero-order valence-electron chi connectivity index (χ0n) is 29.6. The summed E-state index contributed by atoms with van der Waals surface area (Å²) in [7, 11) is 0. The van der Waals surface area contributed by atoms with Crippen LogP contribution in [-0.2, 0) is 0 Å². The van der Waals surface area contributed by atoms with Gasteiger partial charge >= 0.3 is 0 Å². The molecule has 0 aliphatic heterocycles. The highest BCUT2D eigenvalue weighted by Gasteiger charge is 2.20. The lowest BCUT2D eigenvalue weighted by Crippen LogP contribution is -2.02. The Morgan fingerprint density at radius 1 is 0.291 bits per heavy atom. The summed E-state index contributed by atoms with van der Waals surface area (Å²) in [5.41, 5.74) is 7.36. The highest BCUT2D eigenvalue weighted by molar-refractivity contribution is 7.25. The summed E-state index contributed by atoms with van der Waals surface area (Å²) in [6.07, 6.45) is 0. The van der Waals surface area contributed by atoms with Crippen LogP contribution in [0.1, 0.15) is 0 Å². The monoisotopic (exact) mass is 717 g/mol. The third-order valence-corrected chi connectivity index (χ3v) is 11.9. The fraction of sp³-hybridized carbons (Fsp3) is 0. The van der Waals surface area contributed by atoms with Crippen molar-refractivity contribution in [2.75, 3.05) is 0 Å². The number of hydrogen-bond donors (Lipinski definition) is 0. The predicted octanol–water partition coefficient (Wildman–Crippen LogP) is 14.0. The van der Waals surface area contributed by atoms with Gasteiger partial charge in [0.1, 0.15) is 0 Å². The van der Waals surface area contributed by atoms with Gasteiger partial charge in [-0.05, 0) is 84.9 Å². The molecule has 0 aliphatic rings. The maximum absolute atomic E-state index is 5.38. The van der Waals surface area contributed by atoms with Crippen molar-refractivity contribution >= 4 is 63.8 Å². The number of nitrogens with zero attached hydrogens (tertiary/aromatic N) is 3. The van der Waals surface area contributed by atoms with Gasteiger partial charge in [0.05, 0.1) is 0 Å². The minimum absolute atomic E-state index is 0.633. The van der Waals surface area contributed by atoms with Gasteiger partial charge in [-0.1, -0.05) is 158 Å². The van der Waals surface area contributed by atoms with Crippen LogP contribution in [0.4, 0.5) is 0 Å². The predicted molar refractivity (Wildman–Crippen MR) is 232 cm³/mol. The van der Waals surface area contributed by atoms with Crippen LogP contribution in [0.25, 0.3) is 109 Å². The first-order valence-corrected chi connectivity index (χ1v) is 19.3. The zero-order valence-corrected chi connectivity index (χ0v) is 30.5. The van der Waals surface area contributed by atoms with Gasteiger partial charge in [-0.25, -0.2) is 15.0 Å². The molecule has 11 aromatic rings. The summed E-state index contributed by atoms with van der Waals surface area (Å²) < 4.78 is 2.60. The Bertz CT molecular complexity index is 3270. The Hall–Kier alpha value is -7.01. The Morgan fingerprint density at radius 3 is 1.82 bits per heavy atom. The van der Waals surface area contributed by atoms with Crippen LogP contribution in [0.2, 0.25) is 0 Å². The fourth-order valence-electron chi connectivity index (χ4n) is 8.09. The molecule has 0 unspecified atom stereocenters. The molecule has 0 bridgehead atoms. The maximum atomic E-state index is 5.38. The second-order valence-electron chi connectivity index (χ2n) is 14.0. The van der Waals surface area contributed by atoms with E-state index < -0.39 is 0 Å². The molecule has 0 saturated heterocycles. The fourth-order valence-corrected chi connectivity index (χ4v) is 9.18. The normalized spacial score (nSPS) is 11.6. The Kier molecular flexibility index (Phi) is 7.35. The molecule has 4 heteroatoms. The summed E-state index contributed by atoms with van der Waals surface area (Å²) in [6, 6.07) is 66.9. The molecule has 55 heavy (non-hydrogen) atoms. The molecule has 0 aliphatic carbocycles. The molecule has 0 spiro atoms. The standard InChI is InChI=1S/C51H31N3S/c1-2-13-32(14-3-1)38-19-8-9-23-43(38)50-52-49(37-18-12-17-34(29-37)35-26-28-47-45(30-35)41-22-10-11-24-46(41)55-47)53-51(54-50)48-40-21-7-5-16-36(40)31-44-39-20-6-4-15-33(39)25-27-42(44)48/h1-31H. The minimum Gasteiger partial charge on any atom is -0.208 e. The van der Waals surface area contributed by atoms with Gasteiger partial charge in [-0.2, -0.15) is 0 Å². The Labute approximate surface area is 321 Å². The first-order chi connectivity index (χ1) is 27.2. The second kappa shape index (κ2) is 12.8. The second-order valence-corrected chi connectivity index (χ2v) is 15.0. The van der Waals surface area contributed by atoms with Gasteiger partial charge in [0.2, 0.25) is 0 Å². The summed E-state index contributed by atoms with van der Waals surface area (Å²) in [5.74, 6) is 1.92. The molecular formula is C51H31N3S. The Morgan fingerprint density at radius 2 is 0.927 bits per heavy atom. The van der Waals surface area contributed by atoms with Crippen molar-refractivity contribution in [3.63, 3.8) is 0 Å². The van der Waals surface area contributed by atoms with E-state index in [1.165, 1.54) is 36.3 Å². The minimum atomic E-state index is 0.633. The molecule has 11 rings (SSSR count). The van der Waals surface area contributed by atoms with Crippen molar-refractivity contribution < 1.29 is 0 Å². The number of hydrogen-bond acceptors (Lipinski definition) is 4. The molecule has 2 heterocycles. The largest absolute Gasteiger partial charge is 0.208 e. The molecule has 0 radical (unpaired) electrons. The molecule has 0 fully saturated rings. The van der Waals surface area contributed by atoms with Crippen LogP contribution in [-0.4, -0.2) is 15.0 Å². The van der Waals surface area contributed by atoms with Crippen LogP contribution >= 0.6 is 11.3 Å². The number of rotatable bonds is 5. The van der Waals surface area contributed by atoms with E-state index in [0.717, 1.165) is 55.1 Å². The molecule has 9 aromatic carbocycles. The van der Waals surface area contributed by atoms with Crippen LogP contribution < -0.4 is 0 Å². The average Bonchev–Trinajstić information content (AvgIpc) is 3.64. The highest BCUT2D eigenvalue weighted by Crippen LogP contribution is 2.41. The Balaban J connectivity index is 1.17. The van der Waals surface area contributed by atoms with Crippen molar-refractivity contribution in [1.29, 1.82) is 0 Å². The van der Waals surface area contributed by atoms with E-state index in [9.17, 15) is 0 Å². The lowest BCUT2D eigenvalue weighted by Gasteiger charge is -2.16. The van der Waals surface area contributed by atoms with E-state index in [0.29, 0.717) is 17.5 Å². The molecule has 0 N–H and O–H groups in total. The van der Waals surface area contributed by atoms with Gasteiger partial charge in [0.25, 0.3) is 0 Å². The van der Waals surface area contributed by atoms with E-state index in [1.807, 2.05) is 17.4 Å². The quantitative estimate of drug-likeness (QED) is 0.131. The van der Waals surface area contributed by atoms with E-state index in [-0.39, 0.29) is 0 Å². The van der Waals surface area contributed by atoms with Gasteiger partial charge in [0, 0.05) is 36.9 Å². The summed E-state index contributed by atoms with van der Waals surface area (Å²) in [6.45, 7) is 0. The van der Waals surface area contributed by atoms with Crippen molar-refractivity contribution in [3.05, 3.63) is 188 Å². The van der Waals surface area contributed by atoms with Crippen LogP contribution in [0.5, 0.6) is 0 Å². The molecule has 0 saturated carbocycles. The number of aromatic nitrogens is 3. The van der Waals surface area contributed by atoms with Gasteiger partial charge < -0.3 is 0 Å². The van der Waals surface area contributed by atoms with E-state index >= 15 is 0 Å². The summed E-state index contributed by atoms with van der Waals surface area (Å²) >= 11 is 1.84. The van der Waals surface area contributed by atoms with Gasteiger partial charge in [-0.3, -0.25) is 0 Å². The highest BCUT2D eigenvalue weighted by atomic mass is 32.1. The van der Waals surface area contributed by atoms with Crippen LogP contribution in [0.3, 0.4) is 0 Å². The molecule has 256 valence electrons. The van der Waals surface area contributed by atoms with Crippen molar-refractivity contribution in [2.45, 2.75) is 0 Å². The van der Waals surface area contributed by atoms with Crippen LogP contribution in [0.15, 0.2) is 188 Å². The van der Waals surface area contributed by atoms with Gasteiger partial charge in [0.15, 0.2) is 17.5 Å². The summed E-state index contributed by atoms with van der Waals surface area (Å²) in [4.78, 5) is 16.1. The third-order valence-electron chi connectivity index (χ3n) is 10.7. The third kappa shape index (κ3) is 5.38. The molecule has 0 atom stereocenters. The number of thiophene rings is 1. The lowest BCUT2D eigenvalue weighted by molar-refractivity contribution is 1.08. The van der Waals surface area contributed by atoms with E-state index in [2.05, 4.69) is 182 Å². The summed E-state index contributed by atoms with van der Waals surface area (Å²) in [5, 5.41) is 9.53.